The summed E-state index contributed by atoms with van der Waals surface area (Å²) in [5.41, 5.74) is 0.812. The third kappa shape index (κ3) is 7.19. The molecule has 3 aromatic rings. The number of aromatic nitrogens is 2. The molecule has 14 heteroatoms. The van der Waals surface area contributed by atoms with Crippen LogP contribution in [0.25, 0.3) is 11.1 Å². The van der Waals surface area contributed by atoms with Crippen molar-refractivity contribution in [3.8, 4) is 16.9 Å². The Kier molecular flexibility index (Phi) is 10.00. The molecular formula is C32H36Cl2N4O7S. The summed E-state index contributed by atoms with van der Waals surface area (Å²) >= 11 is 12.6. The molecule has 1 fully saturated rings. The molecule has 11 nitrogen and oxygen atoms in total. The lowest BCUT2D eigenvalue weighted by Crippen LogP contribution is -2.50. The van der Waals surface area contributed by atoms with Crippen molar-refractivity contribution in [3.05, 3.63) is 84.6 Å². The van der Waals surface area contributed by atoms with Gasteiger partial charge in [0.15, 0.2) is 0 Å². The average Bonchev–Trinajstić information content (AvgIpc) is 3.16. The van der Waals surface area contributed by atoms with Gasteiger partial charge in [-0.2, -0.15) is 0 Å². The molecular weight excluding hydrogens is 655 g/mol. The molecule has 2 aromatic carbocycles. The fourth-order valence-electron chi connectivity index (χ4n) is 6.36. The summed E-state index contributed by atoms with van der Waals surface area (Å²) in [5.74, 6) is 0.0161. The van der Waals surface area contributed by atoms with Crippen LogP contribution >= 0.6 is 23.2 Å². The standard InChI is InChI=1S/C32H36Cl2N4O7S/c1-20(19-46(3,43)44)38-31(41)26(25-5-4-6-27(33)30(25)34)17-36(32(38)42)18-29(40)35-12-10-23(11-13-35)37-14-9-22-15-24(45-2)8-7-21(22)16-28(37)39/h4-8,15,17,20,23H,9-14,16,18-19H2,1-3H3/t20-/m0/s1. The van der Waals surface area contributed by atoms with Gasteiger partial charge in [-0.1, -0.05) is 41.4 Å². The van der Waals surface area contributed by atoms with Crippen LogP contribution in [-0.4, -0.2) is 84.0 Å². The van der Waals surface area contributed by atoms with E-state index in [1.54, 1.807) is 30.2 Å². The zero-order valence-electron chi connectivity index (χ0n) is 25.9. The van der Waals surface area contributed by atoms with Crippen LogP contribution in [0.3, 0.4) is 0 Å². The Bertz CT molecular complexity index is 1900. The second kappa shape index (κ2) is 13.6. The van der Waals surface area contributed by atoms with Crippen molar-refractivity contribution in [3.63, 3.8) is 0 Å². The van der Waals surface area contributed by atoms with Crippen molar-refractivity contribution in [2.45, 2.75) is 51.2 Å². The van der Waals surface area contributed by atoms with Crippen molar-refractivity contribution in [1.29, 1.82) is 0 Å². The maximum Gasteiger partial charge on any atom is 0.331 e. The van der Waals surface area contributed by atoms with Crippen LogP contribution in [-0.2, 0) is 38.8 Å². The third-order valence-electron chi connectivity index (χ3n) is 8.67. The van der Waals surface area contributed by atoms with Gasteiger partial charge in [-0.05, 0) is 55.5 Å². The van der Waals surface area contributed by atoms with E-state index in [0.717, 1.165) is 32.3 Å². The van der Waals surface area contributed by atoms with E-state index in [9.17, 15) is 27.6 Å². The number of sulfone groups is 1. The highest BCUT2D eigenvalue weighted by atomic mass is 35.5. The minimum Gasteiger partial charge on any atom is -0.497 e. The highest BCUT2D eigenvalue weighted by Crippen LogP contribution is 2.32. The fraction of sp³-hybridized carbons (Fsp3) is 0.438. The number of ether oxygens (including phenoxy) is 1. The Morgan fingerprint density at radius 1 is 1.02 bits per heavy atom. The van der Waals surface area contributed by atoms with E-state index < -0.39 is 32.9 Å². The van der Waals surface area contributed by atoms with E-state index in [1.807, 2.05) is 23.1 Å². The molecule has 2 aliphatic heterocycles. The maximum atomic E-state index is 13.6. The molecule has 0 bridgehead atoms. The van der Waals surface area contributed by atoms with Gasteiger partial charge in [0.1, 0.15) is 22.1 Å². The molecule has 0 saturated carbocycles. The van der Waals surface area contributed by atoms with Crippen molar-refractivity contribution in [2.24, 2.45) is 0 Å². The molecule has 1 atom stereocenters. The Morgan fingerprint density at radius 2 is 1.74 bits per heavy atom. The number of halogens is 2. The van der Waals surface area contributed by atoms with Crippen LogP contribution < -0.4 is 16.0 Å². The minimum atomic E-state index is -3.55. The van der Waals surface area contributed by atoms with Gasteiger partial charge in [0.2, 0.25) is 11.8 Å². The van der Waals surface area contributed by atoms with E-state index in [-0.39, 0.29) is 45.6 Å². The molecule has 0 radical (unpaired) electrons. The van der Waals surface area contributed by atoms with Gasteiger partial charge in [-0.25, -0.2) is 13.2 Å². The smallest absolute Gasteiger partial charge is 0.331 e. The number of rotatable bonds is 8. The first-order chi connectivity index (χ1) is 21.8. The second-order valence-corrected chi connectivity index (χ2v) is 14.9. The highest BCUT2D eigenvalue weighted by Gasteiger charge is 2.32. The number of amides is 2. The number of hydrogen-bond donors (Lipinski definition) is 0. The topological polar surface area (TPSA) is 128 Å². The Hall–Kier alpha value is -3.61. The number of methoxy groups -OCH3 is 1. The molecule has 1 aromatic heterocycles. The third-order valence-corrected chi connectivity index (χ3v) is 10.6. The first-order valence-corrected chi connectivity index (χ1v) is 17.8. The molecule has 0 N–H and O–H groups in total. The van der Waals surface area contributed by atoms with Gasteiger partial charge < -0.3 is 14.5 Å². The molecule has 2 aliphatic rings. The Morgan fingerprint density at radius 3 is 2.41 bits per heavy atom. The van der Waals surface area contributed by atoms with Gasteiger partial charge >= 0.3 is 5.69 Å². The summed E-state index contributed by atoms with van der Waals surface area (Å²) < 4.78 is 31.5. The van der Waals surface area contributed by atoms with Gasteiger partial charge in [-0.15, -0.1) is 0 Å². The van der Waals surface area contributed by atoms with Crippen molar-refractivity contribution in [1.82, 2.24) is 18.9 Å². The quantitative estimate of drug-likeness (QED) is 0.355. The number of fused-ring (bicyclic) bond motifs is 1. The molecule has 0 unspecified atom stereocenters. The predicted molar refractivity (Wildman–Crippen MR) is 177 cm³/mol. The normalized spacial score (nSPS) is 16.6. The largest absolute Gasteiger partial charge is 0.497 e. The lowest BCUT2D eigenvalue weighted by Gasteiger charge is -2.38. The molecule has 5 rings (SSSR count). The zero-order valence-corrected chi connectivity index (χ0v) is 28.2. The summed E-state index contributed by atoms with van der Waals surface area (Å²) in [7, 11) is -1.94. The van der Waals surface area contributed by atoms with Crippen molar-refractivity contribution >= 4 is 44.9 Å². The molecule has 1 saturated heterocycles. The first-order valence-electron chi connectivity index (χ1n) is 15.0. The average molecular weight is 692 g/mol. The number of hydrogen-bond acceptors (Lipinski definition) is 7. The second-order valence-electron chi connectivity index (χ2n) is 11.9. The number of likely N-dealkylation sites (tertiary alicyclic amines) is 1. The van der Waals surface area contributed by atoms with Crippen LogP contribution in [0.2, 0.25) is 10.0 Å². The van der Waals surface area contributed by atoms with Crippen molar-refractivity contribution < 1.29 is 22.7 Å². The molecule has 2 amide bonds. The van der Waals surface area contributed by atoms with Crippen molar-refractivity contribution in [2.75, 3.05) is 38.8 Å². The van der Waals surface area contributed by atoms with E-state index in [1.165, 1.54) is 13.1 Å². The fourth-order valence-corrected chi connectivity index (χ4v) is 7.78. The summed E-state index contributed by atoms with van der Waals surface area (Å²) in [4.78, 5) is 57.5. The first kappa shape index (κ1) is 33.7. The predicted octanol–water partition coefficient (Wildman–Crippen LogP) is 3.22. The lowest BCUT2D eigenvalue weighted by molar-refractivity contribution is -0.136. The van der Waals surface area contributed by atoms with Crippen LogP contribution in [0, 0.1) is 0 Å². The molecule has 246 valence electrons. The summed E-state index contributed by atoms with van der Waals surface area (Å²) in [5, 5.41) is 0.282. The van der Waals surface area contributed by atoms with Gasteiger partial charge in [0.05, 0.1) is 40.9 Å². The highest BCUT2D eigenvalue weighted by molar-refractivity contribution is 7.90. The van der Waals surface area contributed by atoms with E-state index >= 15 is 0 Å². The number of nitrogens with zero attached hydrogens (tertiary/aromatic N) is 4. The van der Waals surface area contributed by atoms with Crippen LogP contribution in [0.4, 0.5) is 0 Å². The van der Waals surface area contributed by atoms with Gasteiger partial charge in [0, 0.05) is 43.7 Å². The lowest BCUT2D eigenvalue weighted by atomic mass is 10.0. The molecule has 0 aliphatic carbocycles. The maximum absolute atomic E-state index is 13.6. The number of benzene rings is 2. The van der Waals surface area contributed by atoms with Crippen LogP contribution in [0.1, 0.15) is 36.9 Å². The summed E-state index contributed by atoms with van der Waals surface area (Å²) in [6, 6.07) is 9.47. The number of carbonyl (C=O) groups is 2. The monoisotopic (exact) mass is 690 g/mol. The Labute approximate surface area is 277 Å². The van der Waals surface area contributed by atoms with Gasteiger partial charge in [-0.3, -0.25) is 23.5 Å². The van der Waals surface area contributed by atoms with Crippen LogP contribution in [0.15, 0.2) is 52.2 Å². The molecule has 46 heavy (non-hydrogen) atoms. The molecule has 0 spiro atoms. The van der Waals surface area contributed by atoms with E-state index in [4.69, 9.17) is 27.9 Å². The zero-order chi connectivity index (χ0) is 33.3. The van der Waals surface area contributed by atoms with E-state index in [0.29, 0.717) is 45.3 Å². The number of carbonyl (C=O) groups excluding carboxylic acids is 2. The Balaban J connectivity index is 1.35. The minimum absolute atomic E-state index is 0.0113. The summed E-state index contributed by atoms with van der Waals surface area (Å²) in [6.07, 6.45) is 4.49. The van der Waals surface area contributed by atoms with Gasteiger partial charge in [0.25, 0.3) is 5.56 Å². The van der Waals surface area contributed by atoms with E-state index in [2.05, 4.69) is 0 Å². The molecule has 3 heterocycles. The summed E-state index contributed by atoms with van der Waals surface area (Å²) in [6.45, 7) is 2.44. The SMILES string of the molecule is COc1ccc2c(c1)CCN(C1CCN(C(=O)Cn3cc(-c4cccc(Cl)c4Cl)c(=O)n([C@@H](C)CS(C)(=O)=O)c3=O)CC1)C(=O)C2. The number of piperidine rings is 1. The van der Waals surface area contributed by atoms with Crippen LogP contribution in [0.5, 0.6) is 5.75 Å².